The zero-order valence-corrected chi connectivity index (χ0v) is 10.3. The van der Waals surface area contributed by atoms with Gasteiger partial charge in [0.1, 0.15) is 0 Å². The predicted octanol–water partition coefficient (Wildman–Crippen LogP) is 0.714. The van der Waals surface area contributed by atoms with Crippen LogP contribution in [0.15, 0.2) is 0 Å². The second kappa shape index (κ2) is 6.22. The van der Waals surface area contributed by atoms with Gasteiger partial charge >= 0.3 is 11.9 Å². The Morgan fingerprint density at radius 3 is 2.12 bits per heavy atom. The maximum absolute atomic E-state index is 11.5. The van der Waals surface area contributed by atoms with Gasteiger partial charge in [-0.3, -0.25) is 14.4 Å². The molecular formula is C11H19NO5. The van der Waals surface area contributed by atoms with Crippen LogP contribution >= 0.6 is 0 Å². The number of hydrogen-bond donors (Lipinski definition) is 3. The number of carboxylic acids is 2. The molecule has 1 atom stereocenters. The Bertz CT molecular complexity index is 313. The highest BCUT2D eigenvalue weighted by atomic mass is 16.4. The van der Waals surface area contributed by atoms with Gasteiger partial charge in [-0.25, -0.2) is 0 Å². The van der Waals surface area contributed by atoms with E-state index in [-0.39, 0.29) is 25.3 Å². The monoisotopic (exact) mass is 245 g/mol. The van der Waals surface area contributed by atoms with E-state index in [4.69, 9.17) is 10.2 Å². The zero-order valence-electron chi connectivity index (χ0n) is 10.3. The van der Waals surface area contributed by atoms with E-state index in [0.29, 0.717) is 0 Å². The van der Waals surface area contributed by atoms with Gasteiger partial charge in [-0.05, 0) is 12.8 Å². The van der Waals surface area contributed by atoms with Crippen molar-refractivity contribution in [1.29, 1.82) is 0 Å². The summed E-state index contributed by atoms with van der Waals surface area (Å²) in [5, 5.41) is 19.9. The highest BCUT2D eigenvalue weighted by Gasteiger charge is 2.38. The van der Waals surface area contributed by atoms with Crippen LogP contribution in [0, 0.1) is 11.3 Å². The molecule has 0 aliphatic rings. The minimum absolute atomic E-state index is 0.0158. The normalized spacial score (nSPS) is 14.1. The molecule has 0 aromatic carbocycles. The lowest BCUT2D eigenvalue weighted by Gasteiger charge is -2.28. The van der Waals surface area contributed by atoms with E-state index in [1.54, 1.807) is 13.8 Å². The number of nitrogens with one attached hydrogen (secondary N) is 1. The molecule has 0 saturated heterocycles. The van der Waals surface area contributed by atoms with Gasteiger partial charge in [0, 0.05) is 13.0 Å². The Labute approximate surface area is 100 Å². The second-order valence-corrected chi connectivity index (χ2v) is 4.55. The van der Waals surface area contributed by atoms with E-state index in [0.717, 1.165) is 0 Å². The van der Waals surface area contributed by atoms with Crippen LogP contribution in [0.5, 0.6) is 0 Å². The second-order valence-electron chi connectivity index (χ2n) is 4.55. The number of carbonyl (C=O) groups is 3. The number of amides is 1. The van der Waals surface area contributed by atoms with Crippen molar-refractivity contribution in [2.75, 3.05) is 6.54 Å². The van der Waals surface area contributed by atoms with Crippen molar-refractivity contribution < 1.29 is 24.6 Å². The molecular weight excluding hydrogens is 226 g/mol. The molecule has 0 rings (SSSR count). The first-order valence-corrected chi connectivity index (χ1v) is 5.42. The SMILES string of the molecule is CC(C)C(C)(CC(=O)NCCC(=O)O)C(=O)O. The van der Waals surface area contributed by atoms with Gasteiger partial charge in [0.2, 0.25) is 5.91 Å². The molecule has 0 radical (unpaired) electrons. The Balaban J connectivity index is 4.34. The third-order valence-corrected chi connectivity index (χ3v) is 2.95. The van der Waals surface area contributed by atoms with E-state index >= 15 is 0 Å². The summed E-state index contributed by atoms with van der Waals surface area (Å²) in [6.07, 6.45) is -0.323. The Morgan fingerprint density at radius 1 is 1.24 bits per heavy atom. The summed E-state index contributed by atoms with van der Waals surface area (Å²) in [4.78, 5) is 32.8. The first-order chi connectivity index (χ1) is 7.70. The summed E-state index contributed by atoms with van der Waals surface area (Å²) in [5.41, 5.74) is -1.13. The molecule has 3 N–H and O–H groups in total. The Hall–Kier alpha value is -1.59. The average molecular weight is 245 g/mol. The van der Waals surface area contributed by atoms with Gasteiger partial charge in [-0.1, -0.05) is 13.8 Å². The zero-order chi connectivity index (χ0) is 13.6. The predicted molar refractivity (Wildman–Crippen MR) is 60.5 cm³/mol. The lowest BCUT2D eigenvalue weighted by molar-refractivity contribution is -0.153. The minimum Gasteiger partial charge on any atom is -0.481 e. The van der Waals surface area contributed by atoms with Crippen molar-refractivity contribution >= 4 is 17.8 Å². The number of hydrogen-bond acceptors (Lipinski definition) is 3. The molecule has 0 spiro atoms. The summed E-state index contributed by atoms with van der Waals surface area (Å²) in [6.45, 7) is 5.00. The maximum atomic E-state index is 11.5. The summed E-state index contributed by atoms with van der Waals surface area (Å²) in [5.74, 6) is -2.66. The van der Waals surface area contributed by atoms with Gasteiger partial charge in [-0.2, -0.15) is 0 Å². The van der Waals surface area contributed by atoms with E-state index in [1.807, 2.05) is 0 Å². The number of carbonyl (C=O) groups excluding carboxylic acids is 1. The molecule has 0 aromatic rings. The van der Waals surface area contributed by atoms with Crippen LogP contribution in [-0.2, 0) is 14.4 Å². The summed E-state index contributed by atoms with van der Waals surface area (Å²) < 4.78 is 0. The average Bonchev–Trinajstić information content (AvgIpc) is 2.15. The third kappa shape index (κ3) is 4.84. The fraction of sp³-hybridized carbons (Fsp3) is 0.727. The van der Waals surface area contributed by atoms with Crippen molar-refractivity contribution in [2.24, 2.45) is 11.3 Å². The molecule has 0 bridgehead atoms. The molecule has 6 nitrogen and oxygen atoms in total. The van der Waals surface area contributed by atoms with Gasteiger partial charge in [0.25, 0.3) is 0 Å². The Kier molecular flexibility index (Phi) is 5.64. The fourth-order valence-corrected chi connectivity index (χ4v) is 1.23. The van der Waals surface area contributed by atoms with Crippen molar-refractivity contribution in [1.82, 2.24) is 5.32 Å². The van der Waals surface area contributed by atoms with Gasteiger partial charge in [0.15, 0.2) is 0 Å². The summed E-state index contributed by atoms with van der Waals surface area (Å²) >= 11 is 0. The molecule has 0 heterocycles. The molecule has 1 unspecified atom stereocenters. The first-order valence-electron chi connectivity index (χ1n) is 5.42. The van der Waals surface area contributed by atoms with Crippen LogP contribution in [0.1, 0.15) is 33.6 Å². The quantitative estimate of drug-likeness (QED) is 0.613. The molecule has 0 aliphatic heterocycles. The van der Waals surface area contributed by atoms with E-state index < -0.39 is 23.3 Å². The smallest absolute Gasteiger partial charge is 0.310 e. The van der Waals surface area contributed by atoms with Crippen LogP contribution < -0.4 is 5.32 Å². The van der Waals surface area contributed by atoms with Crippen LogP contribution in [0.4, 0.5) is 0 Å². The standard InChI is InChI=1S/C11H19NO5/c1-7(2)11(3,10(16)17)6-8(13)12-5-4-9(14)15/h7H,4-6H2,1-3H3,(H,12,13)(H,14,15)(H,16,17). The van der Waals surface area contributed by atoms with Crippen LogP contribution in [0.3, 0.4) is 0 Å². The van der Waals surface area contributed by atoms with Crippen LogP contribution in [0.25, 0.3) is 0 Å². The fourth-order valence-electron chi connectivity index (χ4n) is 1.23. The largest absolute Gasteiger partial charge is 0.481 e. The highest BCUT2D eigenvalue weighted by molar-refractivity contribution is 5.85. The van der Waals surface area contributed by atoms with Crippen molar-refractivity contribution in [3.05, 3.63) is 0 Å². The van der Waals surface area contributed by atoms with Crippen molar-refractivity contribution in [3.8, 4) is 0 Å². The molecule has 0 saturated carbocycles. The highest BCUT2D eigenvalue weighted by Crippen LogP contribution is 2.31. The molecule has 0 aliphatic carbocycles. The number of aliphatic carboxylic acids is 2. The molecule has 6 heteroatoms. The molecule has 1 amide bonds. The summed E-state index contributed by atoms with van der Waals surface area (Å²) in [7, 11) is 0. The third-order valence-electron chi connectivity index (χ3n) is 2.95. The number of rotatable bonds is 7. The lowest BCUT2D eigenvalue weighted by Crippen LogP contribution is -2.39. The van der Waals surface area contributed by atoms with E-state index in [9.17, 15) is 14.4 Å². The van der Waals surface area contributed by atoms with E-state index in [1.165, 1.54) is 6.92 Å². The van der Waals surface area contributed by atoms with Gasteiger partial charge in [0.05, 0.1) is 11.8 Å². The number of carboxylic acid groups (broad SMARTS) is 2. The molecule has 17 heavy (non-hydrogen) atoms. The Morgan fingerprint density at radius 2 is 1.76 bits per heavy atom. The summed E-state index contributed by atoms with van der Waals surface area (Å²) in [6, 6.07) is 0. The molecule has 0 aromatic heterocycles. The van der Waals surface area contributed by atoms with Crippen LogP contribution in [-0.4, -0.2) is 34.6 Å². The van der Waals surface area contributed by atoms with Gasteiger partial charge in [-0.15, -0.1) is 0 Å². The molecule has 98 valence electrons. The lowest BCUT2D eigenvalue weighted by atomic mass is 9.76. The molecule has 0 fully saturated rings. The maximum Gasteiger partial charge on any atom is 0.310 e. The minimum atomic E-state index is -1.13. The van der Waals surface area contributed by atoms with Crippen molar-refractivity contribution in [2.45, 2.75) is 33.6 Å². The van der Waals surface area contributed by atoms with Gasteiger partial charge < -0.3 is 15.5 Å². The first kappa shape index (κ1) is 15.4. The topological polar surface area (TPSA) is 104 Å². The van der Waals surface area contributed by atoms with Crippen molar-refractivity contribution in [3.63, 3.8) is 0 Å². The van der Waals surface area contributed by atoms with Crippen LogP contribution in [0.2, 0.25) is 0 Å². The van der Waals surface area contributed by atoms with E-state index in [2.05, 4.69) is 5.32 Å².